The van der Waals surface area contributed by atoms with Gasteiger partial charge in [-0.1, -0.05) is 0 Å². The van der Waals surface area contributed by atoms with E-state index in [1.165, 1.54) is 10.4 Å². The molecule has 3 heterocycles. The molecule has 0 spiro atoms. The molecule has 1 aliphatic heterocycles. The molecule has 0 bridgehead atoms. The van der Waals surface area contributed by atoms with Gasteiger partial charge in [-0.25, -0.2) is 0 Å². The number of nitrogen functional groups attached to an aromatic ring is 1. The molecule has 0 fully saturated rings. The second-order valence-electron chi connectivity index (χ2n) is 4.32. The van der Waals surface area contributed by atoms with E-state index in [2.05, 4.69) is 16.4 Å². The van der Waals surface area contributed by atoms with E-state index in [0.29, 0.717) is 17.9 Å². The quantitative estimate of drug-likeness (QED) is 0.851. The van der Waals surface area contributed by atoms with Crippen LogP contribution in [0.5, 0.6) is 0 Å². The molecule has 2 N–H and O–H groups in total. The number of nitrogens with two attached hydrogens (primary N) is 1. The lowest BCUT2D eigenvalue weighted by molar-refractivity contribution is 0.0730. The van der Waals surface area contributed by atoms with Crippen molar-refractivity contribution in [2.45, 2.75) is 13.0 Å². The predicted molar refractivity (Wildman–Crippen MR) is 71.4 cm³/mol. The Morgan fingerprint density at radius 3 is 3.17 bits per heavy atom. The maximum absolute atomic E-state index is 12.3. The van der Waals surface area contributed by atoms with Gasteiger partial charge in [0, 0.05) is 29.9 Å². The van der Waals surface area contributed by atoms with Crippen molar-refractivity contribution in [3.63, 3.8) is 0 Å². The molecule has 0 atom stereocenters. The molecule has 0 saturated heterocycles. The Balaban J connectivity index is 1.83. The van der Waals surface area contributed by atoms with Gasteiger partial charge in [0.2, 0.25) is 0 Å². The van der Waals surface area contributed by atoms with E-state index in [1.54, 1.807) is 29.7 Å². The van der Waals surface area contributed by atoms with Crippen molar-refractivity contribution >= 4 is 22.9 Å². The first-order valence-electron chi connectivity index (χ1n) is 5.80. The number of hydrogen-bond donors (Lipinski definition) is 1. The Kier molecular flexibility index (Phi) is 2.76. The van der Waals surface area contributed by atoms with E-state index in [4.69, 9.17) is 5.73 Å². The van der Waals surface area contributed by atoms with Gasteiger partial charge in [0.15, 0.2) is 0 Å². The fourth-order valence-corrected chi connectivity index (χ4v) is 3.04. The van der Waals surface area contributed by atoms with Gasteiger partial charge in [-0.2, -0.15) is 0 Å². The second-order valence-corrected chi connectivity index (χ2v) is 5.32. The van der Waals surface area contributed by atoms with Gasteiger partial charge >= 0.3 is 0 Å². The molecule has 2 aromatic rings. The summed E-state index contributed by atoms with van der Waals surface area (Å²) < 4.78 is 0. The first-order valence-corrected chi connectivity index (χ1v) is 6.68. The highest BCUT2D eigenvalue weighted by atomic mass is 32.1. The highest BCUT2D eigenvalue weighted by molar-refractivity contribution is 7.10. The molecule has 0 aliphatic carbocycles. The number of amides is 1. The van der Waals surface area contributed by atoms with Crippen molar-refractivity contribution in [2.75, 3.05) is 12.3 Å². The number of hydrogen-bond acceptors (Lipinski definition) is 4. The smallest absolute Gasteiger partial charge is 0.272 e. The molecule has 3 rings (SSSR count). The Hall–Kier alpha value is -1.88. The number of thiophene rings is 1. The largest absolute Gasteiger partial charge is 0.399 e. The van der Waals surface area contributed by atoms with E-state index in [9.17, 15) is 4.79 Å². The minimum absolute atomic E-state index is 0.0425. The summed E-state index contributed by atoms with van der Waals surface area (Å²) in [5.41, 5.74) is 7.93. The van der Waals surface area contributed by atoms with E-state index in [1.807, 2.05) is 4.90 Å². The fourth-order valence-electron chi connectivity index (χ4n) is 2.15. The maximum Gasteiger partial charge on any atom is 0.272 e. The third-order valence-electron chi connectivity index (χ3n) is 3.10. The lowest BCUT2D eigenvalue weighted by Gasteiger charge is -2.26. The van der Waals surface area contributed by atoms with Crippen molar-refractivity contribution in [2.24, 2.45) is 0 Å². The number of rotatable bonds is 1. The van der Waals surface area contributed by atoms with Crippen LogP contribution in [-0.2, 0) is 13.0 Å². The lowest BCUT2D eigenvalue weighted by atomic mass is 10.1. The van der Waals surface area contributed by atoms with Crippen molar-refractivity contribution < 1.29 is 4.79 Å². The SMILES string of the molecule is Nc1ccnc(C(=O)N2CCc3sccc3C2)c1. The number of carbonyl (C=O) groups excluding carboxylic acids is 1. The van der Waals surface area contributed by atoms with Crippen LogP contribution >= 0.6 is 11.3 Å². The summed E-state index contributed by atoms with van der Waals surface area (Å²) in [5.74, 6) is -0.0425. The zero-order valence-corrected chi connectivity index (χ0v) is 10.6. The highest BCUT2D eigenvalue weighted by Gasteiger charge is 2.23. The third kappa shape index (κ3) is 1.97. The number of fused-ring (bicyclic) bond motifs is 1. The topological polar surface area (TPSA) is 59.2 Å². The van der Waals surface area contributed by atoms with E-state index in [0.717, 1.165) is 13.0 Å². The van der Waals surface area contributed by atoms with Crippen molar-refractivity contribution in [1.29, 1.82) is 0 Å². The number of pyridine rings is 1. The summed E-state index contributed by atoms with van der Waals surface area (Å²) in [5, 5.41) is 2.08. The predicted octanol–water partition coefficient (Wildman–Crippen LogP) is 1.92. The maximum atomic E-state index is 12.3. The van der Waals surface area contributed by atoms with Crippen LogP contribution in [0.4, 0.5) is 5.69 Å². The number of carbonyl (C=O) groups is 1. The van der Waals surface area contributed by atoms with Gasteiger partial charge in [0.05, 0.1) is 0 Å². The molecule has 2 aromatic heterocycles. The van der Waals surface area contributed by atoms with Gasteiger partial charge in [0.25, 0.3) is 5.91 Å². The van der Waals surface area contributed by atoms with E-state index >= 15 is 0 Å². The Bertz CT molecular complexity index is 593. The molecule has 5 heteroatoms. The Morgan fingerprint density at radius 1 is 1.44 bits per heavy atom. The van der Waals surface area contributed by atoms with Crippen molar-refractivity contribution in [1.82, 2.24) is 9.88 Å². The second kappa shape index (κ2) is 4.42. The Morgan fingerprint density at radius 2 is 2.33 bits per heavy atom. The molecule has 4 nitrogen and oxygen atoms in total. The van der Waals surface area contributed by atoms with Gasteiger partial charge in [0.1, 0.15) is 5.69 Å². The molecule has 1 amide bonds. The number of anilines is 1. The molecular formula is C13H13N3OS. The minimum Gasteiger partial charge on any atom is -0.399 e. The van der Waals surface area contributed by atoms with Crippen LogP contribution in [0.25, 0.3) is 0 Å². The van der Waals surface area contributed by atoms with Crippen LogP contribution < -0.4 is 5.73 Å². The van der Waals surface area contributed by atoms with Crippen LogP contribution in [0.2, 0.25) is 0 Å². The summed E-state index contributed by atoms with van der Waals surface area (Å²) >= 11 is 1.76. The van der Waals surface area contributed by atoms with E-state index < -0.39 is 0 Å². The van der Waals surface area contributed by atoms with Gasteiger partial charge < -0.3 is 10.6 Å². The molecule has 18 heavy (non-hydrogen) atoms. The van der Waals surface area contributed by atoms with Gasteiger partial charge in [-0.3, -0.25) is 9.78 Å². The summed E-state index contributed by atoms with van der Waals surface area (Å²) in [6.07, 6.45) is 2.50. The summed E-state index contributed by atoms with van der Waals surface area (Å²) in [6.45, 7) is 1.43. The average Bonchev–Trinajstić information content (AvgIpc) is 2.85. The molecular weight excluding hydrogens is 246 g/mol. The van der Waals surface area contributed by atoms with Crippen LogP contribution in [0.1, 0.15) is 20.9 Å². The standard InChI is InChI=1S/C13H13N3OS/c14-10-1-4-15-11(7-10)13(17)16-5-2-12-9(8-16)3-6-18-12/h1,3-4,6-7H,2,5,8H2,(H2,14,15). The zero-order chi connectivity index (χ0) is 12.5. The highest BCUT2D eigenvalue weighted by Crippen LogP contribution is 2.24. The van der Waals surface area contributed by atoms with Gasteiger partial charge in [-0.15, -0.1) is 11.3 Å². The van der Waals surface area contributed by atoms with Crippen LogP contribution in [0.15, 0.2) is 29.8 Å². The minimum atomic E-state index is -0.0425. The summed E-state index contributed by atoms with van der Waals surface area (Å²) in [4.78, 5) is 19.6. The van der Waals surface area contributed by atoms with Crippen LogP contribution in [0, 0.1) is 0 Å². The first kappa shape index (κ1) is 11.2. The van der Waals surface area contributed by atoms with Crippen molar-refractivity contribution in [3.8, 4) is 0 Å². The summed E-state index contributed by atoms with van der Waals surface area (Å²) in [6, 6.07) is 5.40. The van der Waals surface area contributed by atoms with E-state index in [-0.39, 0.29) is 5.91 Å². The normalized spacial score (nSPS) is 14.3. The summed E-state index contributed by atoms with van der Waals surface area (Å²) in [7, 11) is 0. The fraction of sp³-hybridized carbons (Fsp3) is 0.231. The number of nitrogens with zero attached hydrogens (tertiary/aromatic N) is 2. The van der Waals surface area contributed by atoms with Crippen LogP contribution in [0.3, 0.4) is 0 Å². The molecule has 0 saturated carbocycles. The first-order chi connectivity index (χ1) is 8.74. The Labute approximate surface area is 109 Å². The lowest BCUT2D eigenvalue weighted by Crippen LogP contribution is -2.35. The van der Waals surface area contributed by atoms with Crippen molar-refractivity contribution in [3.05, 3.63) is 45.9 Å². The average molecular weight is 259 g/mol. The molecule has 0 radical (unpaired) electrons. The molecule has 0 unspecified atom stereocenters. The molecule has 1 aliphatic rings. The molecule has 0 aromatic carbocycles. The van der Waals surface area contributed by atoms with Crippen LogP contribution in [-0.4, -0.2) is 22.3 Å². The zero-order valence-electron chi connectivity index (χ0n) is 9.80. The monoisotopic (exact) mass is 259 g/mol. The molecule has 92 valence electrons. The van der Waals surface area contributed by atoms with Gasteiger partial charge in [-0.05, 0) is 35.6 Å². The third-order valence-corrected chi connectivity index (χ3v) is 4.12. The number of aromatic nitrogens is 1.